The van der Waals surface area contributed by atoms with Gasteiger partial charge in [0.1, 0.15) is 11.3 Å². The topological polar surface area (TPSA) is 75.3 Å². The summed E-state index contributed by atoms with van der Waals surface area (Å²) in [5, 5.41) is 10.1. The molecule has 0 radical (unpaired) electrons. The SMILES string of the molecule is O=C(NCCCCNCCNC1CCCCC1)c1cccnc1Oc1ccccc1. The van der Waals surface area contributed by atoms with Crippen LogP contribution >= 0.6 is 0 Å². The molecule has 162 valence electrons. The molecule has 0 spiro atoms. The molecule has 2 aromatic rings. The molecule has 1 heterocycles. The maximum Gasteiger partial charge on any atom is 0.256 e. The highest BCUT2D eigenvalue weighted by Crippen LogP contribution is 2.22. The highest BCUT2D eigenvalue weighted by atomic mass is 16.5. The van der Waals surface area contributed by atoms with Crippen molar-refractivity contribution in [2.45, 2.75) is 51.0 Å². The van der Waals surface area contributed by atoms with Gasteiger partial charge in [0, 0.05) is 31.9 Å². The minimum atomic E-state index is -0.154. The molecule has 3 N–H and O–H groups in total. The van der Waals surface area contributed by atoms with Crippen molar-refractivity contribution in [2.75, 3.05) is 26.2 Å². The fraction of sp³-hybridized carbons (Fsp3) is 0.500. The van der Waals surface area contributed by atoms with Crippen molar-refractivity contribution in [1.82, 2.24) is 20.9 Å². The van der Waals surface area contributed by atoms with Crippen molar-refractivity contribution < 1.29 is 9.53 Å². The lowest BCUT2D eigenvalue weighted by atomic mass is 9.95. The molecule has 1 saturated carbocycles. The lowest BCUT2D eigenvalue weighted by Crippen LogP contribution is -2.36. The maximum absolute atomic E-state index is 12.5. The number of nitrogens with one attached hydrogen (secondary N) is 3. The van der Waals surface area contributed by atoms with Gasteiger partial charge in [0.15, 0.2) is 0 Å². The number of rotatable bonds is 12. The average Bonchev–Trinajstić information content (AvgIpc) is 2.79. The van der Waals surface area contributed by atoms with E-state index in [-0.39, 0.29) is 5.91 Å². The van der Waals surface area contributed by atoms with Crippen molar-refractivity contribution in [3.8, 4) is 11.6 Å². The van der Waals surface area contributed by atoms with Crippen LogP contribution in [0.5, 0.6) is 11.6 Å². The Kier molecular flexibility index (Phi) is 9.63. The van der Waals surface area contributed by atoms with Crippen LogP contribution in [0.1, 0.15) is 55.3 Å². The van der Waals surface area contributed by atoms with Gasteiger partial charge in [0.2, 0.25) is 5.88 Å². The highest BCUT2D eigenvalue weighted by molar-refractivity contribution is 5.96. The molecule has 1 aliphatic carbocycles. The quantitative estimate of drug-likeness (QED) is 0.463. The second kappa shape index (κ2) is 13.0. The summed E-state index contributed by atoms with van der Waals surface area (Å²) in [4.78, 5) is 16.7. The van der Waals surface area contributed by atoms with Crippen LogP contribution in [0.25, 0.3) is 0 Å². The van der Waals surface area contributed by atoms with Crippen LogP contribution in [-0.2, 0) is 0 Å². The van der Waals surface area contributed by atoms with Crippen LogP contribution in [0, 0.1) is 0 Å². The van der Waals surface area contributed by atoms with Crippen molar-refractivity contribution in [2.24, 2.45) is 0 Å². The number of pyridine rings is 1. The Morgan fingerprint density at radius 3 is 2.57 bits per heavy atom. The minimum absolute atomic E-state index is 0.154. The van der Waals surface area contributed by atoms with E-state index < -0.39 is 0 Å². The predicted molar refractivity (Wildman–Crippen MR) is 120 cm³/mol. The van der Waals surface area contributed by atoms with Crippen molar-refractivity contribution in [3.63, 3.8) is 0 Å². The molecule has 0 unspecified atom stereocenters. The Bertz CT molecular complexity index is 748. The molecular formula is C24H34N4O2. The maximum atomic E-state index is 12.5. The van der Waals surface area contributed by atoms with E-state index in [0.29, 0.717) is 23.7 Å². The van der Waals surface area contributed by atoms with E-state index in [9.17, 15) is 4.79 Å². The molecule has 1 aromatic heterocycles. The van der Waals surface area contributed by atoms with Crippen LogP contribution in [-0.4, -0.2) is 43.1 Å². The van der Waals surface area contributed by atoms with Gasteiger partial charge in [-0.05, 0) is 56.5 Å². The second-order valence-corrected chi connectivity index (χ2v) is 7.77. The second-order valence-electron chi connectivity index (χ2n) is 7.77. The first-order valence-electron chi connectivity index (χ1n) is 11.2. The zero-order valence-electron chi connectivity index (χ0n) is 17.7. The first-order chi connectivity index (χ1) is 14.8. The standard InChI is InChI=1S/C24H34N4O2/c29-23(22-14-9-17-28-24(22)30-21-12-5-2-6-13-21)27-16-8-7-15-25-18-19-26-20-10-3-1-4-11-20/h2,5-6,9,12-14,17,20,25-26H,1,3-4,7-8,10-11,15-16,18-19H2,(H,27,29). The molecule has 1 amide bonds. The van der Waals surface area contributed by atoms with E-state index in [1.807, 2.05) is 30.3 Å². The Morgan fingerprint density at radius 2 is 1.73 bits per heavy atom. The van der Waals surface area contributed by atoms with Crippen LogP contribution < -0.4 is 20.7 Å². The van der Waals surface area contributed by atoms with Crippen molar-refractivity contribution in [3.05, 3.63) is 54.2 Å². The summed E-state index contributed by atoms with van der Waals surface area (Å²) >= 11 is 0. The zero-order chi connectivity index (χ0) is 20.9. The van der Waals surface area contributed by atoms with Crippen molar-refractivity contribution >= 4 is 5.91 Å². The van der Waals surface area contributed by atoms with Crippen LogP contribution in [0.3, 0.4) is 0 Å². The normalized spacial score (nSPS) is 14.4. The number of amides is 1. The number of benzene rings is 1. The number of nitrogens with zero attached hydrogens (tertiary/aromatic N) is 1. The summed E-state index contributed by atoms with van der Waals surface area (Å²) in [6.45, 7) is 3.64. The monoisotopic (exact) mass is 410 g/mol. The van der Waals surface area contributed by atoms with E-state index in [4.69, 9.17) is 4.74 Å². The molecule has 0 bridgehead atoms. The lowest BCUT2D eigenvalue weighted by Gasteiger charge is -2.22. The minimum Gasteiger partial charge on any atom is -0.438 e. The Labute approximate surface area is 179 Å². The van der Waals surface area contributed by atoms with Crippen LogP contribution in [0.2, 0.25) is 0 Å². The third-order valence-electron chi connectivity index (χ3n) is 5.38. The van der Waals surface area contributed by atoms with E-state index >= 15 is 0 Å². The van der Waals surface area contributed by atoms with Crippen molar-refractivity contribution in [1.29, 1.82) is 0 Å². The fourth-order valence-electron chi connectivity index (χ4n) is 3.71. The third-order valence-corrected chi connectivity index (χ3v) is 5.38. The molecular weight excluding hydrogens is 376 g/mol. The Hall–Kier alpha value is -2.44. The van der Waals surface area contributed by atoms with E-state index in [0.717, 1.165) is 38.5 Å². The number of ether oxygens (including phenoxy) is 1. The molecule has 6 heteroatoms. The smallest absolute Gasteiger partial charge is 0.256 e. The summed E-state index contributed by atoms with van der Waals surface area (Å²) in [6.07, 6.45) is 10.4. The van der Waals surface area contributed by atoms with Gasteiger partial charge in [0.05, 0.1) is 0 Å². The molecule has 1 aromatic carbocycles. The Balaban J connectivity index is 1.28. The molecule has 1 aliphatic rings. The summed E-state index contributed by atoms with van der Waals surface area (Å²) in [6, 6.07) is 13.6. The van der Waals surface area contributed by atoms with Gasteiger partial charge in [-0.1, -0.05) is 37.5 Å². The van der Waals surface area contributed by atoms with Crippen LogP contribution in [0.4, 0.5) is 0 Å². The van der Waals surface area contributed by atoms with E-state index in [1.54, 1.807) is 18.3 Å². The first kappa shape index (κ1) is 22.2. The summed E-state index contributed by atoms with van der Waals surface area (Å²) in [5.41, 5.74) is 0.452. The van der Waals surface area contributed by atoms with Gasteiger partial charge in [-0.3, -0.25) is 4.79 Å². The number of hydrogen-bond donors (Lipinski definition) is 3. The molecule has 30 heavy (non-hydrogen) atoms. The summed E-state index contributed by atoms with van der Waals surface area (Å²) in [7, 11) is 0. The van der Waals surface area contributed by atoms with Gasteiger partial charge >= 0.3 is 0 Å². The van der Waals surface area contributed by atoms with Crippen LogP contribution in [0.15, 0.2) is 48.7 Å². The van der Waals surface area contributed by atoms with Gasteiger partial charge in [0.25, 0.3) is 5.91 Å². The van der Waals surface area contributed by atoms with Gasteiger partial charge < -0.3 is 20.7 Å². The molecule has 3 rings (SSSR count). The predicted octanol–water partition coefficient (Wildman–Crippen LogP) is 3.90. The molecule has 0 saturated heterocycles. The molecule has 0 atom stereocenters. The summed E-state index contributed by atoms with van der Waals surface area (Å²) in [5.74, 6) is 0.835. The fourth-order valence-corrected chi connectivity index (χ4v) is 3.71. The number of aromatic nitrogens is 1. The van der Waals surface area contributed by atoms with Gasteiger partial charge in [-0.2, -0.15) is 0 Å². The van der Waals surface area contributed by atoms with Gasteiger partial charge in [-0.15, -0.1) is 0 Å². The first-order valence-corrected chi connectivity index (χ1v) is 11.2. The molecule has 6 nitrogen and oxygen atoms in total. The number of unbranched alkanes of at least 4 members (excludes halogenated alkanes) is 1. The molecule has 0 aliphatic heterocycles. The lowest BCUT2D eigenvalue weighted by molar-refractivity contribution is 0.0950. The highest BCUT2D eigenvalue weighted by Gasteiger charge is 2.14. The van der Waals surface area contributed by atoms with E-state index in [1.165, 1.54) is 32.1 Å². The number of carbonyl (C=O) groups excluding carboxylic acids is 1. The number of carbonyl (C=O) groups is 1. The van der Waals surface area contributed by atoms with E-state index in [2.05, 4.69) is 20.9 Å². The largest absolute Gasteiger partial charge is 0.438 e. The van der Waals surface area contributed by atoms with Gasteiger partial charge in [-0.25, -0.2) is 4.98 Å². The number of hydrogen-bond acceptors (Lipinski definition) is 5. The third kappa shape index (κ3) is 7.76. The Morgan fingerprint density at radius 1 is 0.933 bits per heavy atom. The average molecular weight is 411 g/mol. The summed E-state index contributed by atoms with van der Waals surface area (Å²) < 4.78 is 5.77. The zero-order valence-corrected chi connectivity index (χ0v) is 17.7. The number of para-hydroxylation sites is 1. The molecule has 1 fully saturated rings.